The van der Waals surface area contributed by atoms with E-state index in [0.29, 0.717) is 11.4 Å². The number of amides is 2. The van der Waals surface area contributed by atoms with Crippen molar-refractivity contribution < 1.29 is 13.6 Å². The molecule has 7 heteroatoms. The monoisotopic (exact) mass is 408 g/mol. The molecule has 3 aromatic rings. The number of furan rings is 1. The zero-order valence-corrected chi connectivity index (χ0v) is 16.7. The summed E-state index contributed by atoms with van der Waals surface area (Å²) < 4.78 is 18.4. The lowest BCUT2D eigenvalue weighted by Gasteiger charge is -2.34. The van der Waals surface area contributed by atoms with Gasteiger partial charge in [-0.1, -0.05) is 12.1 Å². The van der Waals surface area contributed by atoms with E-state index in [-0.39, 0.29) is 11.8 Å². The minimum absolute atomic E-state index is 0.338. The molecule has 0 unspecified atom stereocenters. The van der Waals surface area contributed by atoms with Gasteiger partial charge in [0.15, 0.2) is 0 Å². The Kier molecular flexibility index (Phi) is 6.41. The summed E-state index contributed by atoms with van der Waals surface area (Å²) in [6, 6.07) is 17.1. The minimum Gasteiger partial charge on any atom is -0.468 e. The van der Waals surface area contributed by atoms with Crippen LogP contribution in [-0.4, -0.2) is 42.0 Å². The first kappa shape index (κ1) is 20.1. The number of nitrogens with zero attached hydrogens (tertiary/aromatic N) is 2. The van der Waals surface area contributed by atoms with Crippen molar-refractivity contribution in [1.82, 2.24) is 9.80 Å². The lowest BCUT2D eigenvalue weighted by molar-refractivity contribution is 0.116. The molecule has 0 spiro atoms. The van der Waals surface area contributed by atoms with E-state index in [2.05, 4.69) is 20.4 Å². The third kappa shape index (κ3) is 5.68. The molecule has 1 aromatic heterocycles. The highest BCUT2D eigenvalue weighted by Gasteiger charge is 2.17. The van der Waals surface area contributed by atoms with Crippen LogP contribution in [0.2, 0.25) is 0 Å². The molecule has 30 heavy (non-hydrogen) atoms. The van der Waals surface area contributed by atoms with Crippen molar-refractivity contribution in [3.63, 3.8) is 0 Å². The molecule has 1 saturated heterocycles. The van der Waals surface area contributed by atoms with Crippen LogP contribution in [0.3, 0.4) is 0 Å². The smallest absolute Gasteiger partial charge is 0.323 e. The Hall–Kier alpha value is -3.16. The molecule has 2 heterocycles. The number of anilines is 2. The van der Waals surface area contributed by atoms with Gasteiger partial charge in [0, 0.05) is 44.1 Å². The zero-order chi connectivity index (χ0) is 20.8. The topological polar surface area (TPSA) is 60.8 Å². The summed E-state index contributed by atoms with van der Waals surface area (Å²) in [6.07, 6.45) is 1.72. The second-order valence-corrected chi connectivity index (χ2v) is 7.41. The third-order valence-electron chi connectivity index (χ3n) is 5.14. The molecule has 156 valence electrons. The number of urea groups is 1. The quantitative estimate of drug-likeness (QED) is 0.636. The average molecular weight is 408 g/mol. The molecule has 0 saturated carbocycles. The fraction of sp³-hybridized carbons (Fsp3) is 0.261. The van der Waals surface area contributed by atoms with E-state index in [1.165, 1.54) is 29.8 Å². The summed E-state index contributed by atoms with van der Waals surface area (Å²) in [6.45, 7) is 5.81. The second kappa shape index (κ2) is 9.56. The van der Waals surface area contributed by atoms with E-state index < -0.39 is 0 Å². The van der Waals surface area contributed by atoms with E-state index in [0.717, 1.165) is 45.0 Å². The van der Waals surface area contributed by atoms with Crippen molar-refractivity contribution in [2.45, 2.75) is 13.1 Å². The van der Waals surface area contributed by atoms with Crippen LogP contribution in [0.15, 0.2) is 71.3 Å². The summed E-state index contributed by atoms with van der Waals surface area (Å²) >= 11 is 0. The van der Waals surface area contributed by atoms with Gasteiger partial charge in [-0.15, -0.1) is 0 Å². The second-order valence-electron chi connectivity index (χ2n) is 7.41. The number of nitrogens with one attached hydrogen (secondary N) is 2. The molecule has 1 aliphatic rings. The Labute approximate surface area is 175 Å². The molecule has 1 fully saturated rings. The molecule has 2 aromatic carbocycles. The Morgan fingerprint density at radius 2 is 1.40 bits per heavy atom. The molecular weight excluding hydrogens is 383 g/mol. The molecule has 0 radical (unpaired) electrons. The number of rotatable bonds is 6. The minimum atomic E-state index is -0.359. The fourth-order valence-corrected chi connectivity index (χ4v) is 3.51. The highest BCUT2D eigenvalue weighted by Crippen LogP contribution is 2.15. The van der Waals surface area contributed by atoms with E-state index in [1.807, 2.05) is 36.4 Å². The summed E-state index contributed by atoms with van der Waals surface area (Å²) in [5.41, 5.74) is 2.46. The Balaban J connectivity index is 1.22. The molecule has 1 aliphatic heterocycles. The van der Waals surface area contributed by atoms with Crippen LogP contribution in [0.25, 0.3) is 0 Å². The number of carbonyl (C=O) groups excluding carboxylic acids is 1. The number of halogens is 1. The average Bonchev–Trinajstić information content (AvgIpc) is 3.26. The number of benzene rings is 2. The van der Waals surface area contributed by atoms with E-state index in [9.17, 15) is 9.18 Å². The van der Waals surface area contributed by atoms with Crippen molar-refractivity contribution in [2.24, 2.45) is 0 Å². The van der Waals surface area contributed by atoms with Gasteiger partial charge in [0.1, 0.15) is 11.6 Å². The highest BCUT2D eigenvalue weighted by molar-refractivity contribution is 5.99. The lowest BCUT2D eigenvalue weighted by atomic mass is 10.1. The van der Waals surface area contributed by atoms with Gasteiger partial charge in [0.25, 0.3) is 0 Å². The van der Waals surface area contributed by atoms with E-state index >= 15 is 0 Å². The van der Waals surface area contributed by atoms with Crippen LogP contribution < -0.4 is 10.6 Å². The van der Waals surface area contributed by atoms with Crippen molar-refractivity contribution in [3.05, 3.63) is 84.1 Å². The molecule has 0 bridgehead atoms. The van der Waals surface area contributed by atoms with Crippen LogP contribution in [0.1, 0.15) is 11.3 Å². The summed E-state index contributed by atoms with van der Waals surface area (Å²) in [5, 5.41) is 5.47. The van der Waals surface area contributed by atoms with Crippen LogP contribution in [0.5, 0.6) is 0 Å². The molecular formula is C23H25FN4O2. The predicted molar refractivity (Wildman–Crippen MR) is 115 cm³/mol. The first-order chi connectivity index (χ1) is 14.6. The first-order valence-electron chi connectivity index (χ1n) is 10.0. The molecule has 2 amide bonds. The van der Waals surface area contributed by atoms with Gasteiger partial charge < -0.3 is 15.1 Å². The van der Waals surface area contributed by atoms with Gasteiger partial charge in [-0.25, -0.2) is 9.18 Å². The SMILES string of the molecule is O=C(Nc1ccc(F)cc1)Nc1ccc(CN2CCN(Cc3ccco3)CC2)cc1. The van der Waals surface area contributed by atoms with Crippen LogP contribution >= 0.6 is 0 Å². The van der Waals surface area contributed by atoms with Gasteiger partial charge in [-0.05, 0) is 54.1 Å². The molecule has 6 nitrogen and oxygen atoms in total. The molecule has 4 rings (SSSR count). The van der Waals surface area contributed by atoms with Crippen LogP contribution in [0.4, 0.5) is 20.6 Å². The van der Waals surface area contributed by atoms with Gasteiger partial charge in [0.2, 0.25) is 0 Å². The van der Waals surface area contributed by atoms with Crippen molar-refractivity contribution in [3.8, 4) is 0 Å². The standard InChI is InChI=1S/C23H25FN4O2/c24-19-5-9-21(10-6-19)26-23(29)25-20-7-3-18(4-8-20)16-27-11-13-28(14-12-27)17-22-2-1-15-30-22/h1-10,15H,11-14,16-17H2,(H2,25,26,29). The number of piperazine rings is 1. The van der Waals surface area contributed by atoms with Gasteiger partial charge in [-0.2, -0.15) is 0 Å². The number of hydrogen-bond donors (Lipinski definition) is 2. The van der Waals surface area contributed by atoms with Gasteiger partial charge >= 0.3 is 6.03 Å². The summed E-state index contributed by atoms with van der Waals surface area (Å²) in [5.74, 6) is 0.672. The number of hydrogen-bond acceptors (Lipinski definition) is 4. The number of carbonyl (C=O) groups is 1. The summed E-state index contributed by atoms with van der Waals surface area (Å²) in [4.78, 5) is 16.9. The third-order valence-corrected chi connectivity index (χ3v) is 5.14. The maximum atomic E-state index is 12.9. The maximum absolute atomic E-state index is 12.9. The highest BCUT2D eigenvalue weighted by atomic mass is 19.1. The Morgan fingerprint density at radius 3 is 1.97 bits per heavy atom. The first-order valence-corrected chi connectivity index (χ1v) is 10.0. The molecule has 0 aliphatic carbocycles. The predicted octanol–water partition coefficient (Wildman–Crippen LogP) is 4.38. The van der Waals surface area contributed by atoms with Gasteiger partial charge in [0.05, 0.1) is 12.8 Å². The van der Waals surface area contributed by atoms with Crippen LogP contribution in [-0.2, 0) is 13.1 Å². The normalized spacial score (nSPS) is 15.1. The lowest BCUT2D eigenvalue weighted by Crippen LogP contribution is -2.45. The summed E-state index contributed by atoms with van der Waals surface area (Å²) in [7, 11) is 0. The fourth-order valence-electron chi connectivity index (χ4n) is 3.51. The van der Waals surface area contributed by atoms with Crippen LogP contribution in [0, 0.1) is 5.82 Å². The molecule has 2 N–H and O–H groups in total. The van der Waals surface area contributed by atoms with Crippen molar-refractivity contribution in [2.75, 3.05) is 36.8 Å². The maximum Gasteiger partial charge on any atom is 0.323 e. The molecule has 0 atom stereocenters. The van der Waals surface area contributed by atoms with Crippen molar-refractivity contribution >= 4 is 17.4 Å². The van der Waals surface area contributed by atoms with Crippen molar-refractivity contribution in [1.29, 1.82) is 0 Å². The van der Waals surface area contributed by atoms with E-state index in [1.54, 1.807) is 6.26 Å². The zero-order valence-electron chi connectivity index (χ0n) is 16.7. The van der Waals surface area contributed by atoms with Gasteiger partial charge in [-0.3, -0.25) is 9.80 Å². The van der Waals surface area contributed by atoms with E-state index in [4.69, 9.17) is 4.42 Å². The largest absolute Gasteiger partial charge is 0.468 e. The Bertz CT molecular complexity index is 934. The Morgan fingerprint density at radius 1 is 0.833 bits per heavy atom.